The monoisotopic (exact) mass is 427 g/mol. The van der Waals surface area contributed by atoms with E-state index in [-0.39, 0.29) is 11.2 Å². The molecule has 0 unspecified atom stereocenters. The third kappa shape index (κ3) is 5.51. The van der Waals surface area contributed by atoms with Gasteiger partial charge in [0.05, 0.1) is 6.61 Å². The number of nitrogens with zero attached hydrogens (tertiary/aromatic N) is 4. The van der Waals surface area contributed by atoms with E-state index in [4.69, 9.17) is 16.3 Å². The van der Waals surface area contributed by atoms with Gasteiger partial charge in [0.15, 0.2) is 0 Å². The van der Waals surface area contributed by atoms with E-state index in [9.17, 15) is 5.11 Å². The maximum Gasteiger partial charge on any atom is 0.127 e. The summed E-state index contributed by atoms with van der Waals surface area (Å²) in [6, 6.07) is 11.2. The number of rotatable bonds is 10. The zero-order valence-corrected chi connectivity index (χ0v) is 18.5. The lowest BCUT2D eigenvalue weighted by Gasteiger charge is -2.24. The molecule has 0 fully saturated rings. The number of aryl methyl sites for hydroxylation is 1. The summed E-state index contributed by atoms with van der Waals surface area (Å²) in [4.78, 5) is 0. The van der Waals surface area contributed by atoms with Crippen molar-refractivity contribution in [1.29, 1.82) is 0 Å². The third-order valence-electron chi connectivity index (χ3n) is 5.34. The second-order valence-corrected chi connectivity index (χ2v) is 8.52. The first-order valence-corrected chi connectivity index (χ1v) is 10.7. The van der Waals surface area contributed by atoms with Crippen LogP contribution in [-0.4, -0.2) is 27.2 Å². The van der Waals surface area contributed by atoms with Gasteiger partial charge in [-0.15, -0.1) is 0 Å². The molecule has 6 nitrogen and oxygen atoms in total. The highest BCUT2D eigenvalue weighted by Crippen LogP contribution is 2.36. The van der Waals surface area contributed by atoms with E-state index >= 15 is 0 Å². The fraction of sp³-hybridized carbons (Fsp3) is 0.435. The van der Waals surface area contributed by atoms with Crippen molar-refractivity contribution >= 4 is 11.6 Å². The van der Waals surface area contributed by atoms with Crippen LogP contribution in [0.25, 0.3) is 11.1 Å². The molecule has 160 valence electrons. The van der Waals surface area contributed by atoms with Crippen molar-refractivity contribution in [2.24, 2.45) is 0 Å². The second kappa shape index (κ2) is 9.94. The Kier molecular flexibility index (Phi) is 7.32. The molecule has 2 aromatic carbocycles. The molecule has 0 bridgehead atoms. The molecule has 0 saturated heterocycles. The molecule has 3 aromatic rings. The maximum absolute atomic E-state index is 10.5. The van der Waals surface area contributed by atoms with Crippen LogP contribution >= 0.6 is 11.6 Å². The van der Waals surface area contributed by atoms with E-state index in [0.29, 0.717) is 17.5 Å². The summed E-state index contributed by atoms with van der Waals surface area (Å²) in [6.07, 6.45) is 4.83. The number of hydrogen-bond donors (Lipinski definition) is 1. The average Bonchev–Trinajstić information content (AvgIpc) is 3.27. The minimum absolute atomic E-state index is 0.122. The summed E-state index contributed by atoms with van der Waals surface area (Å²) in [5.74, 6) is 1.65. The van der Waals surface area contributed by atoms with Gasteiger partial charge in [-0.05, 0) is 54.0 Å². The van der Waals surface area contributed by atoms with Crippen molar-refractivity contribution in [3.05, 3.63) is 52.8 Å². The molecular weight excluding hydrogens is 400 g/mol. The van der Waals surface area contributed by atoms with Crippen molar-refractivity contribution in [1.82, 2.24) is 20.6 Å². The zero-order chi connectivity index (χ0) is 21.6. The van der Waals surface area contributed by atoms with E-state index in [1.165, 1.54) is 0 Å². The Labute approximate surface area is 182 Å². The lowest BCUT2D eigenvalue weighted by molar-refractivity contribution is 0.296. The number of aromatic hydroxyl groups is 1. The van der Waals surface area contributed by atoms with Gasteiger partial charge in [-0.25, -0.2) is 0 Å². The molecule has 0 aliphatic rings. The molecule has 0 radical (unpaired) electrons. The first-order valence-electron chi connectivity index (χ1n) is 10.3. The Balaban J connectivity index is 1.53. The highest BCUT2D eigenvalue weighted by molar-refractivity contribution is 6.30. The molecule has 0 aliphatic heterocycles. The Morgan fingerprint density at radius 1 is 1.10 bits per heavy atom. The van der Waals surface area contributed by atoms with Gasteiger partial charge in [-0.2, -0.15) is 5.21 Å². The number of halogens is 1. The molecule has 3 rings (SSSR count). The SMILES string of the molecule is CCc1cc(-c2ccc(Cl)cc2)c(O)cc1OCCCCCC(C)(C)c1nnn[n-]1. The number of tetrazole rings is 1. The number of ether oxygens (including phenoxy) is 1. The zero-order valence-electron chi connectivity index (χ0n) is 17.7. The smallest absolute Gasteiger partial charge is 0.127 e. The van der Waals surface area contributed by atoms with Gasteiger partial charge in [-0.3, -0.25) is 10.3 Å². The van der Waals surface area contributed by atoms with Crippen LogP contribution in [0, 0.1) is 0 Å². The Bertz CT molecular complexity index is 941. The van der Waals surface area contributed by atoms with Crippen LogP contribution in [0.2, 0.25) is 5.02 Å². The predicted octanol–water partition coefficient (Wildman–Crippen LogP) is 5.33. The minimum atomic E-state index is -0.122. The Morgan fingerprint density at radius 3 is 2.53 bits per heavy atom. The van der Waals surface area contributed by atoms with Crippen molar-refractivity contribution in [2.75, 3.05) is 6.61 Å². The molecule has 1 heterocycles. The molecule has 1 N–H and O–H groups in total. The maximum atomic E-state index is 10.5. The van der Waals surface area contributed by atoms with E-state index in [1.54, 1.807) is 6.07 Å². The first kappa shape index (κ1) is 22.1. The van der Waals surface area contributed by atoms with Crippen molar-refractivity contribution in [3.8, 4) is 22.6 Å². The van der Waals surface area contributed by atoms with E-state index in [0.717, 1.165) is 54.5 Å². The largest absolute Gasteiger partial charge is 0.507 e. The summed E-state index contributed by atoms with van der Waals surface area (Å²) in [5.41, 5.74) is 2.67. The van der Waals surface area contributed by atoms with Crippen LogP contribution < -0.4 is 9.84 Å². The lowest BCUT2D eigenvalue weighted by Crippen LogP contribution is -2.20. The summed E-state index contributed by atoms with van der Waals surface area (Å²) >= 11 is 5.97. The fourth-order valence-electron chi connectivity index (χ4n) is 3.44. The standard InChI is InChI=1S/C23H28ClN4O2/c1-4-16-14-19(17-8-10-18(24)11-9-17)20(29)15-21(16)30-13-7-5-6-12-23(2,3)22-25-27-28-26-22/h8-11,14-15H,4-7,12-13H2,1-3H3,(H-,25,26,27,28,29)/q-1. The van der Waals surface area contributed by atoms with Crippen LogP contribution in [0.5, 0.6) is 11.5 Å². The van der Waals surface area contributed by atoms with Gasteiger partial charge >= 0.3 is 0 Å². The van der Waals surface area contributed by atoms with Crippen LogP contribution in [0.4, 0.5) is 0 Å². The molecule has 0 spiro atoms. The first-order chi connectivity index (χ1) is 14.4. The molecule has 7 heteroatoms. The van der Waals surface area contributed by atoms with Crippen LogP contribution in [0.15, 0.2) is 36.4 Å². The second-order valence-electron chi connectivity index (χ2n) is 8.08. The topological polar surface area (TPSA) is 82.2 Å². The lowest BCUT2D eigenvalue weighted by atomic mass is 9.86. The van der Waals surface area contributed by atoms with E-state index in [2.05, 4.69) is 41.4 Å². The van der Waals surface area contributed by atoms with Crippen molar-refractivity contribution in [2.45, 2.75) is 58.3 Å². The fourth-order valence-corrected chi connectivity index (χ4v) is 3.57. The number of aromatic nitrogens is 4. The Morgan fingerprint density at radius 2 is 1.87 bits per heavy atom. The summed E-state index contributed by atoms with van der Waals surface area (Å²) in [7, 11) is 0. The molecule has 30 heavy (non-hydrogen) atoms. The number of benzene rings is 2. The molecule has 0 saturated carbocycles. The molecular formula is C23H28ClN4O2-. The molecule has 0 atom stereocenters. The average molecular weight is 428 g/mol. The van der Waals surface area contributed by atoms with Gasteiger partial charge in [0.1, 0.15) is 11.5 Å². The summed E-state index contributed by atoms with van der Waals surface area (Å²) in [6.45, 7) is 6.92. The minimum Gasteiger partial charge on any atom is -0.507 e. The number of phenolic OH excluding ortho intramolecular Hbond substituents is 1. The van der Waals surface area contributed by atoms with Gasteiger partial charge in [0, 0.05) is 22.5 Å². The summed E-state index contributed by atoms with van der Waals surface area (Å²) < 4.78 is 6.00. The van der Waals surface area contributed by atoms with Gasteiger partial charge < -0.3 is 14.9 Å². The van der Waals surface area contributed by atoms with Gasteiger partial charge in [0.25, 0.3) is 0 Å². The number of phenols is 1. The molecule has 0 amide bonds. The number of unbranched alkanes of at least 4 members (excludes halogenated alkanes) is 2. The Hall–Kier alpha value is -2.60. The van der Waals surface area contributed by atoms with Crippen LogP contribution in [0.3, 0.4) is 0 Å². The predicted molar refractivity (Wildman–Crippen MR) is 118 cm³/mol. The molecule has 0 aliphatic carbocycles. The normalized spacial score (nSPS) is 11.6. The number of hydrogen-bond acceptors (Lipinski definition) is 5. The van der Waals surface area contributed by atoms with E-state index in [1.807, 2.05) is 30.3 Å². The van der Waals surface area contributed by atoms with Crippen LogP contribution in [0.1, 0.15) is 57.8 Å². The van der Waals surface area contributed by atoms with Gasteiger partial charge in [0.2, 0.25) is 0 Å². The highest BCUT2D eigenvalue weighted by Gasteiger charge is 2.19. The molecule has 1 aromatic heterocycles. The quantitative estimate of drug-likeness (QED) is 0.440. The van der Waals surface area contributed by atoms with Crippen molar-refractivity contribution in [3.63, 3.8) is 0 Å². The summed E-state index contributed by atoms with van der Waals surface area (Å²) in [5, 5.41) is 26.3. The van der Waals surface area contributed by atoms with Gasteiger partial charge in [-0.1, -0.05) is 57.3 Å². The highest BCUT2D eigenvalue weighted by atomic mass is 35.5. The van der Waals surface area contributed by atoms with Crippen molar-refractivity contribution < 1.29 is 9.84 Å². The third-order valence-corrected chi connectivity index (χ3v) is 5.59. The van der Waals surface area contributed by atoms with Crippen LogP contribution in [-0.2, 0) is 11.8 Å². The van der Waals surface area contributed by atoms with E-state index < -0.39 is 0 Å².